The maximum atomic E-state index is 5.28. The average molecular weight is 348 g/mol. The Bertz CT molecular complexity index is 629. The quantitative estimate of drug-likeness (QED) is 0.781. The molecule has 1 atom stereocenters. The van der Waals surface area contributed by atoms with Crippen LogP contribution in [0.2, 0.25) is 0 Å². The van der Waals surface area contributed by atoms with E-state index in [4.69, 9.17) is 4.74 Å². The Labute approximate surface area is 135 Å². The predicted molar refractivity (Wildman–Crippen MR) is 93.4 cm³/mol. The number of nitrogens with one attached hydrogen (secondary N) is 1. The number of methoxy groups -OCH3 is 1. The molecule has 1 N–H and O–H groups in total. The first-order chi connectivity index (χ1) is 9.92. The first kappa shape index (κ1) is 15.9. The van der Waals surface area contributed by atoms with Crippen molar-refractivity contribution >= 4 is 21.6 Å². The van der Waals surface area contributed by atoms with E-state index in [1.54, 1.807) is 7.11 Å². The van der Waals surface area contributed by atoms with Crippen LogP contribution in [0.25, 0.3) is 0 Å². The molecule has 0 aliphatic heterocycles. The molecule has 2 rings (SSSR count). The van der Waals surface area contributed by atoms with Crippen molar-refractivity contribution in [3.8, 4) is 5.75 Å². The molecule has 2 aromatic carbocycles. The molecule has 21 heavy (non-hydrogen) atoms. The molecule has 0 saturated heterocycles. The molecule has 0 aliphatic carbocycles. The van der Waals surface area contributed by atoms with E-state index < -0.39 is 0 Å². The lowest BCUT2D eigenvalue weighted by Gasteiger charge is -2.20. The van der Waals surface area contributed by atoms with Gasteiger partial charge in [-0.2, -0.15) is 0 Å². The molecule has 2 nitrogen and oxygen atoms in total. The zero-order valence-electron chi connectivity index (χ0n) is 13.3. The Morgan fingerprint density at radius 3 is 2.19 bits per heavy atom. The summed E-state index contributed by atoms with van der Waals surface area (Å²) in [5.41, 5.74) is 6.32. The highest BCUT2D eigenvalue weighted by atomic mass is 79.9. The summed E-state index contributed by atoms with van der Waals surface area (Å²) < 4.78 is 6.26. The molecule has 0 saturated carbocycles. The van der Waals surface area contributed by atoms with Crippen LogP contribution >= 0.6 is 15.9 Å². The Morgan fingerprint density at radius 2 is 1.67 bits per heavy atom. The van der Waals surface area contributed by atoms with Crippen molar-refractivity contribution in [2.75, 3.05) is 12.4 Å². The highest BCUT2D eigenvalue weighted by molar-refractivity contribution is 9.10. The summed E-state index contributed by atoms with van der Waals surface area (Å²) in [4.78, 5) is 0. The summed E-state index contributed by atoms with van der Waals surface area (Å²) in [6, 6.07) is 10.9. The van der Waals surface area contributed by atoms with Crippen LogP contribution in [0.3, 0.4) is 0 Å². The smallest absolute Gasteiger partial charge is 0.133 e. The molecular weight excluding hydrogens is 326 g/mol. The summed E-state index contributed by atoms with van der Waals surface area (Å²) in [7, 11) is 1.68. The minimum Gasteiger partial charge on any atom is -0.496 e. The molecule has 0 aliphatic rings. The highest BCUT2D eigenvalue weighted by Crippen LogP contribution is 2.31. The van der Waals surface area contributed by atoms with Crippen LogP contribution in [0.5, 0.6) is 5.75 Å². The zero-order valence-corrected chi connectivity index (χ0v) is 14.8. The van der Waals surface area contributed by atoms with E-state index in [-0.39, 0.29) is 6.04 Å². The lowest BCUT2D eigenvalue weighted by molar-refractivity contribution is 0.412. The van der Waals surface area contributed by atoms with E-state index in [2.05, 4.69) is 73.2 Å². The number of aryl methyl sites for hydroxylation is 3. The SMILES string of the molecule is COc1ccc(C(C)Nc2c(C)cc(C)cc2C)cc1Br. The maximum Gasteiger partial charge on any atom is 0.133 e. The normalized spacial score (nSPS) is 12.1. The summed E-state index contributed by atoms with van der Waals surface area (Å²) in [6.07, 6.45) is 0. The third kappa shape index (κ3) is 3.59. The Hall–Kier alpha value is -1.48. The minimum absolute atomic E-state index is 0.229. The number of hydrogen-bond donors (Lipinski definition) is 1. The van der Waals surface area contributed by atoms with Gasteiger partial charge < -0.3 is 10.1 Å². The fraction of sp³-hybridized carbons (Fsp3) is 0.333. The van der Waals surface area contributed by atoms with Crippen molar-refractivity contribution in [2.45, 2.75) is 33.7 Å². The standard InChI is InChI=1S/C18H22BrNO/c1-11-8-12(2)18(13(3)9-11)20-14(4)15-6-7-17(21-5)16(19)10-15/h6-10,14,20H,1-5H3. The average Bonchev–Trinajstić information content (AvgIpc) is 2.42. The van der Waals surface area contributed by atoms with Crippen LogP contribution in [0.4, 0.5) is 5.69 Å². The van der Waals surface area contributed by atoms with Crippen LogP contribution in [-0.2, 0) is 0 Å². The van der Waals surface area contributed by atoms with Gasteiger partial charge in [-0.3, -0.25) is 0 Å². The maximum absolute atomic E-state index is 5.28. The molecule has 3 heteroatoms. The third-order valence-electron chi connectivity index (χ3n) is 3.71. The monoisotopic (exact) mass is 347 g/mol. The van der Waals surface area contributed by atoms with Gasteiger partial charge in [-0.05, 0) is 72.4 Å². The Kier molecular flexibility index (Phi) is 4.94. The van der Waals surface area contributed by atoms with Gasteiger partial charge >= 0.3 is 0 Å². The van der Waals surface area contributed by atoms with E-state index in [0.717, 1.165) is 10.2 Å². The van der Waals surface area contributed by atoms with E-state index >= 15 is 0 Å². The summed E-state index contributed by atoms with van der Waals surface area (Å²) >= 11 is 3.55. The molecule has 0 heterocycles. The van der Waals surface area contributed by atoms with Crippen molar-refractivity contribution in [3.63, 3.8) is 0 Å². The van der Waals surface area contributed by atoms with Gasteiger partial charge in [0.05, 0.1) is 11.6 Å². The molecule has 0 aromatic heterocycles. The van der Waals surface area contributed by atoms with Gasteiger partial charge in [-0.15, -0.1) is 0 Å². The van der Waals surface area contributed by atoms with E-state index in [1.807, 2.05) is 6.07 Å². The fourth-order valence-corrected chi connectivity index (χ4v) is 3.22. The predicted octanol–water partition coefficient (Wildman–Crippen LogP) is 5.56. The van der Waals surface area contributed by atoms with Gasteiger partial charge in [-0.1, -0.05) is 23.8 Å². The summed E-state index contributed by atoms with van der Waals surface area (Å²) in [6.45, 7) is 8.61. The largest absolute Gasteiger partial charge is 0.496 e. The third-order valence-corrected chi connectivity index (χ3v) is 4.33. The van der Waals surface area contributed by atoms with Crippen LogP contribution in [0, 0.1) is 20.8 Å². The molecule has 1 unspecified atom stereocenters. The van der Waals surface area contributed by atoms with Gasteiger partial charge in [-0.25, -0.2) is 0 Å². The van der Waals surface area contributed by atoms with Gasteiger partial charge in [0.2, 0.25) is 0 Å². The van der Waals surface area contributed by atoms with E-state index in [9.17, 15) is 0 Å². The van der Waals surface area contributed by atoms with Crippen LogP contribution in [0.15, 0.2) is 34.8 Å². The molecule has 2 aromatic rings. The lowest BCUT2D eigenvalue weighted by Crippen LogP contribution is -2.09. The molecular formula is C18H22BrNO. The van der Waals surface area contributed by atoms with Gasteiger partial charge in [0.1, 0.15) is 5.75 Å². The van der Waals surface area contributed by atoms with E-state index in [0.29, 0.717) is 0 Å². The second-order valence-electron chi connectivity index (χ2n) is 5.53. The Morgan fingerprint density at radius 1 is 1.05 bits per heavy atom. The Balaban J connectivity index is 2.26. The number of ether oxygens (including phenoxy) is 1. The summed E-state index contributed by atoms with van der Waals surface area (Å²) in [5.74, 6) is 0.855. The van der Waals surface area contributed by atoms with E-state index in [1.165, 1.54) is 27.9 Å². The number of rotatable bonds is 4. The number of anilines is 1. The first-order valence-corrected chi connectivity index (χ1v) is 7.89. The van der Waals surface area contributed by atoms with Crippen LogP contribution in [0.1, 0.15) is 35.2 Å². The van der Waals surface area contributed by atoms with Crippen LogP contribution in [-0.4, -0.2) is 7.11 Å². The number of hydrogen-bond acceptors (Lipinski definition) is 2. The molecule has 0 bridgehead atoms. The van der Waals surface area contributed by atoms with Gasteiger partial charge in [0, 0.05) is 11.7 Å². The van der Waals surface area contributed by atoms with Gasteiger partial charge in [0.25, 0.3) is 0 Å². The zero-order chi connectivity index (χ0) is 15.6. The second-order valence-corrected chi connectivity index (χ2v) is 6.39. The summed E-state index contributed by atoms with van der Waals surface area (Å²) in [5, 5.41) is 3.62. The van der Waals surface area contributed by atoms with Crippen molar-refractivity contribution in [2.24, 2.45) is 0 Å². The van der Waals surface area contributed by atoms with Crippen molar-refractivity contribution in [1.82, 2.24) is 0 Å². The topological polar surface area (TPSA) is 21.3 Å². The van der Waals surface area contributed by atoms with Crippen molar-refractivity contribution < 1.29 is 4.74 Å². The molecule has 0 spiro atoms. The molecule has 0 amide bonds. The van der Waals surface area contributed by atoms with Gasteiger partial charge in [0.15, 0.2) is 0 Å². The molecule has 0 fully saturated rings. The van der Waals surface area contributed by atoms with Crippen molar-refractivity contribution in [1.29, 1.82) is 0 Å². The molecule has 112 valence electrons. The highest BCUT2D eigenvalue weighted by Gasteiger charge is 2.11. The number of benzene rings is 2. The van der Waals surface area contributed by atoms with Crippen molar-refractivity contribution in [3.05, 3.63) is 57.1 Å². The fourth-order valence-electron chi connectivity index (χ4n) is 2.66. The second kappa shape index (κ2) is 6.52. The molecule has 0 radical (unpaired) electrons. The number of halogens is 1. The first-order valence-electron chi connectivity index (χ1n) is 7.10. The minimum atomic E-state index is 0.229. The lowest BCUT2D eigenvalue weighted by atomic mass is 10.0. The van der Waals surface area contributed by atoms with Crippen LogP contribution < -0.4 is 10.1 Å².